The summed E-state index contributed by atoms with van der Waals surface area (Å²) in [5.74, 6) is -0.107. The van der Waals surface area contributed by atoms with Crippen LogP contribution in [-0.4, -0.2) is 17.1 Å². The van der Waals surface area contributed by atoms with Crippen LogP contribution in [0.5, 0.6) is 5.75 Å². The molecule has 1 aromatic heterocycles. The van der Waals surface area contributed by atoms with Crippen molar-refractivity contribution in [1.29, 1.82) is 0 Å². The largest absolute Gasteiger partial charge is 0.494 e. The zero-order valence-electron chi connectivity index (χ0n) is 14.9. The van der Waals surface area contributed by atoms with Gasteiger partial charge in [0.2, 0.25) is 5.91 Å². The molecule has 3 aromatic carbocycles. The highest BCUT2D eigenvalue weighted by molar-refractivity contribution is 6.17. The Bertz CT molecular complexity index is 1160. The van der Waals surface area contributed by atoms with E-state index in [0.717, 1.165) is 16.8 Å². The number of ether oxygens (including phenoxy) is 1. The van der Waals surface area contributed by atoms with Crippen LogP contribution in [-0.2, 0) is 6.54 Å². The number of halogens is 1. The summed E-state index contributed by atoms with van der Waals surface area (Å²) in [6.07, 6.45) is 0. The summed E-state index contributed by atoms with van der Waals surface area (Å²) >= 11 is 0. The molecular formula is C22H19FN2O2. The lowest BCUT2D eigenvalue weighted by atomic mass is 10.1. The molecule has 0 atom stereocenters. The minimum absolute atomic E-state index is 0.340. The number of fused-ring (bicyclic) bond motifs is 3. The Labute approximate surface area is 156 Å². The fourth-order valence-corrected chi connectivity index (χ4v) is 3.63. The van der Waals surface area contributed by atoms with Gasteiger partial charge < -0.3 is 15.0 Å². The molecule has 1 heterocycles. The molecular weight excluding hydrogens is 343 g/mol. The van der Waals surface area contributed by atoms with Crippen molar-refractivity contribution in [3.63, 3.8) is 0 Å². The van der Waals surface area contributed by atoms with Gasteiger partial charge in [-0.05, 0) is 31.2 Å². The number of nitrogens with two attached hydrogens (primary N) is 1. The van der Waals surface area contributed by atoms with E-state index in [0.29, 0.717) is 35.0 Å². The lowest BCUT2D eigenvalue weighted by Gasteiger charge is -2.13. The molecule has 2 N–H and O–H groups in total. The van der Waals surface area contributed by atoms with E-state index in [-0.39, 0.29) is 5.82 Å². The van der Waals surface area contributed by atoms with Gasteiger partial charge in [-0.3, -0.25) is 4.79 Å². The molecule has 4 aromatic rings. The van der Waals surface area contributed by atoms with E-state index in [1.54, 1.807) is 18.2 Å². The van der Waals surface area contributed by atoms with Crippen molar-refractivity contribution >= 4 is 27.7 Å². The molecule has 0 unspecified atom stereocenters. The molecule has 4 nitrogen and oxygen atoms in total. The summed E-state index contributed by atoms with van der Waals surface area (Å²) < 4.78 is 22.4. The lowest BCUT2D eigenvalue weighted by molar-refractivity contribution is 0.100. The zero-order valence-corrected chi connectivity index (χ0v) is 14.9. The van der Waals surface area contributed by atoms with Crippen LogP contribution in [0.2, 0.25) is 0 Å². The first-order valence-corrected chi connectivity index (χ1v) is 8.81. The lowest BCUT2D eigenvalue weighted by Crippen LogP contribution is -2.11. The first-order chi connectivity index (χ1) is 13.1. The molecule has 0 saturated heterocycles. The maximum Gasteiger partial charge on any atom is 0.249 e. The second-order valence-corrected chi connectivity index (χ2v) is 6.33. The van der Waals surface area contributed by atoms with Crippen molar-refractivity contribution in [3.8, 4) is 5.75 Å². The van der Waals surface area contributed by atoms with Crippen LogP contribution in [0.3, 0.4) is 0 Å². The molecule has 0 aliphatic rings. The molecule has 0 aliphatic carbocycles. The van der Waals surface area contributed by atoms with Crippen LogP contribution in [0, 0.1) is 5.82 Å². The summed E-state index contributed by atoms with van der Waals surface area (Å²) in [5.41, 5.74) is 8.11. The number of rotatable bonds is 5. The molecule has 0 saturated carbocycles. The molecule has 136 valence electrons. The highest BCUT2D eigenvalue weighted by Crippen LogP contribution is 2.34. The van der Waals surface area contributed by atoms with E-state index in [1.807, 2.05) is 47.9 Å². The van der Waals surface area contributed by atoms with Gasteiger partial charge in [-0.2, -0.15) is 0 Å². The third-order valence-electron chi connectivity index (χ3n) is 4.73. The van der Waals surface area contributed by atoms with Crippen LogP contribution in [0.1, 0.15) is 22.8 Å². The Hall–Kier alpha value is -3.34. The van der Waals surface area contributed by atoms with Crippen LogP contribution >= 0.6 is 0 Å². The summed E-state index contributed by atoms with van der Waals surface area (Å²) in [7, 11) is 0. The zero-order chi connectivity index (χ0) is 19.0. The number of hydrogen-bond donors (Lipinski definition) is 1. The first-order valence-electron chi connectivity index (χ1n) is 8.81. The van der Waals surface area contributed by atoms with Crippen LogP contribution in [0.4, 0.5) is 4.39 Å². The fourth-order valence-electron chi connectivity index (χ4n) is 3.63. The molecule has 5 heteroatoms. The number of benzene rings is 3. The molecule has 0 spiro atoms. The standard InChI is InChI=1S/C22H19FN2O2/c1-2-27-19-12-4-3-7-14(19)13-25-18-11-6-9-16(22(24)26)20(18)15-8-5-10-17(23)21(15)25/h3-12H,2,13H2,1H3,(H2,24,26). The van der Waals surface area contributed by atoms with Gasteiger partial charge >= 0.3 is 0 Å². The van der Waals surface area contributed by atoms with Gasteiger partial charge in [-0.15, -0.1) is 0 Å². The van der Waals surface area contributed by atoms with E-state index >= 15 is 0 Å². The predicted octanol–water partition coefficient (Wildman–Crippen LogP) is 4.48. The SMILES string of the molecule is CCOc1ccccc1Cn1c2cccc(C(N)=O)c2c2cccc(F)c21. The minimum atomic E-state index is -0.529. The molecule has 0 aliphatic heterocycles. The van der Waals surface area contributed by atoms with Crippen molar-refractivity contribution in [2.75, 3.05) is 6.61 Å². The third kappa shape index (κ3) is 2.81. The van der Waals surface area contributed by atoms with Crippen molar-refractivity contribution in [2.45, 2.75) is 13.5 Å². The van der Waals surface area contributed by atoms with E-state index in [9.17, 15) is 9.18 Å². The summed E-state index contributed by atoms with van der Waals surface area (Å²) in [4.78, 5) is 11.9. The number of carbonyl (C=O) groups excluding carboxylic acids is 1. The number of nitrogens with zero attached hydrogens (tertiary/aromatic N) is 1. The molecule has 0 fully saturated rings. The quantitative estimate of drug-likeness (QED) is 0.569. The van der Waals surface area contributed by atoms with Gasteiger partial charge in [0.05, 0.1) is 24.2 Å². The number of primary amides is 1. The van der Waals surface area contributed by atoms with Crippen molar-refractivity contribution < 1.29 is 13.9 Å². The predicted molar refractivity (Wildman–Crippen MR) is 105 cm³/mol. The van der Waals surface area contributed by atoms with Gasteiger partial charge in [0, 0.05) is 21.9 Å². The van der Waals surface area contributed by atoms with E-state index < -0.39 is 5.91 Å². The average Bonchev–Trinajstić information content (AvgIpc) is 2.99. The fraction of sp³-hybridized carbons (Fsp3) is 0.136. The normalized spacial score (nSPS) is 11.2. The van der Waals surface area contributed by atoms with Crippen LogP contribution < -0.4 is 10.5 Å². The highest BCUT2D eigenvalue weighted by atomic mass is 19.1. The molecule has 1 amide bonds. The maximum absolute atomic E-state index is 14.8. The molecule has 27 heavy (non-hydrogen) atoms. The van der Waals surface area contributed by atoms with Gasteiger partial charge in [0.15, 0.2) is 0 Å². The molecule has 0 radical (unpaired) electrons. The Balaban J connectivity index is 2.03. The van der Waals surface area contributed by atoms with Gasteiger partial charge in [-0.1, -0.05) is 36.4 Å². The van der Waals surface area contributed by atoms with E-state index in [4.69, 9.17) is 10.5 Å². The number of hydrogen-bond acceptors (Lipinski definition) is 2. The third-order valence-corrected chi connectivity index (χ3v) is 4.73. The Morgan fingerprint density at radius 2 is 1.85 bits per heavy atom. The maximum atomic E-state index is 14.8. The number of para-hydroxylation sites is 2. The van der Waals surface area contributed by atoms with Crippen molar-refractivity contribution in [3.05, 3.63) is 77.6 Å². The van der Waals surface area contributed by atoms with E-state index in [2.05, 4.69) is 0 Å². The summed E-state index contributed by atoms with van der Waals surface area (Å²) in [6, 6.07) is 17.9. The summed E-state index contributed by atoms with van der Waals surface area (Å²) in [5, 5.41) is 1.35. The smallest absolute Gasteiger partial charge is 0.249 e. The Morgan fingerprint density at radius 1 is 1.07 bits per heavy atom. The monoisotopic (exact) mass is 362 g/mol. The van der Waals surface area contributed by atoms with Crippen LogP contribution in [0.25, 0.3) is 21.8 Å². The average molecular weight is 362 g/mol. The number of amides is 1. The van der Waals surface area contributed by atoms with E-state index in [1.165, 1.54) is 6.07 Å². The Kier molecular flexibility index (Phi) is 4.28. The van der Waals surface area contributed by atoms with Crippen molar-refractivity contribution in [1.82, 2.24) is 4.57 Å². The van der Waals surface area contributed by atoms with Gasteiger partial charge in [-0.25, -0.2) is 4.39 Å². The number of aromatic nitrogens is 1. The van der Waals surface area contributed by atoms with Gasteiger partial charge in [0.1, 0.15) is 11.6 Å². The Morgan fingerprint density at radius 3 is 2.63 bits per heavy atom. The van der Waals surface area contributed by atoms with Crippen molar-refractivity contribution in [2.24, 2.45) is 5.73 Å². The molecule has 4 rings (SSSR count). The summed E-state index contributed by atoms with van der Waals surface area (Å²) in [6.45, 7) is 2.89. The number of carbonyl (C=O) groups is 1. The first kappa shape index (κ1) is 17.1. The second kappa shape index (κ2) is 6.76. The minimum Gasteiger partial charge on any atom is -0.494 e. The van der Waals surface area contributed by atoms with Gasteiger partial charge in [0.25, 0.3) is 0 Å². The van der Waals surface area contributed by atoms with Crippen LogP contribution in [0.15, 0.2) is 60.7 Å². The molecule has 0 bridgehead atoms. The topological polar surface area (TPSA) is 57.2 Å². The highest BCUT2D eigenvalue weighted by Gasteiger charge is 2.19. The second-order valence-electron chi connectivity index (χ2n) is 6.33.